The van der Waals surface area contributed by atoms with Crippen molar-refractivity contribution in [3.8, 4) is 0 Å². The van der Waals surface area contributed by atoms with Gasteiger partial charge >= 0.3 is 0 Å². The summed E-state index contributed by atoms with van der Waals surface area (Å²) in [5, 5.41) is 37.7. The van der Waals surface area contributed by atoms with Crippen molar-refractivity contribution in [2.24, 2.45) is 0 Å². The Morgan fingerprint density at radius 2 is 1.94 bits per heavy atom. The van der Waals surface area contributed by atoms with E-state index in [0.717, 1.165) is 29.4 Å². The summed E-state index contributed by atoms with van der Waals surface area (Å²) >= 11 is 0. The van der Waals surface area contributed by atoms with Gasteiger partial charge in [0, 0.05) is 11.4 Å². The van der Waals surface area contributed by atoms with E-state index in [9.17, 15) is 15.3 Å². The lowest BCUT2D eigenvalue weighted by molar-refractivity contribution is -0.0511. The van der Waals surface area contributed by atoms with Gasteiger partial charge in [-0.2, -0.15) is 9.97 Å². The highest BCUT2D eigenvalue weighted by Crippen LogP contribution is 2.34. The first-order valence-electron chi connectivity index (χ1n) is 10.9. The van der Waals surface area contributed by atoms with Crippen molar-refractivity contribution < 1.29 is 20.1 Å². The number of hydrogen-bond donors (Lipinski definition) is 5. The van der Waals surface area contributed by atoms with Crippen molar-refractivity contribution in [3.63, 3.8) is 0 Å². The SMILES string of the molecule is OCC1OC(n2cnc3c(NC4CC4)nc(Nc4cnc5ccccc5c4)nc32)C(O)C1O. The predicted octanol–water partition coefficient (Wildman–Crippen LogP) is 1.30. The van der Waals surface area contributed by atoms with Gasteiger partial charge in [0.15, 0.2) is 23.2 Å². The van der Waals surface area contributed by atoms with Crippen molar-refractivity contribution in [1.29, 1.82) is 0 Å². The van der Waals surface area contributed by atoms with Crippen LogP contribution in [0, 0.1) is 0 Å². The molecule has 4 unspecified atom stereocenters. The Balaban J connectivity index is 1.40. The highest BCUT2D eigenvalue weighted by Gasteiger charge is 2.44. The first-order valence-corrected chi connectivity index (χ1v) is 10.9. The van der Waals surface area contributed by atoms with Gasteiger partial charge in [0.25, 0.3) is 0 Å². The Morgan fingerprint density at radius 1 is 1.09 bits per heavy atom. The topological polar surface area (TPSA) is 150 Å². The minimum Gasteiger partial charge on any atom is -0.394 e. The van der Waals surface area contributed by atoms with Crippen LogP contribution in [0.5, 0.6) is 0 Å². The number of rotatable bonds is 6. The second kappa shape index (κ2) is 7.89. The Labute approximate surface area is 188 Å². The number of aromatic nitrogens is 5. The van der Waals surface area contributed by atoms with Gasteiger partial charge in [0.2, 0.25) is 5.95 Å². The molecule has 11 heteroatoms. The number of nitrogens with zero attached hydrogens (tertiary/aromatic N) is 5. The van der Waals surface area contributed by atoms with Gasteiger partial charge < -0.3 is 30.7 Å². The average Bonchev–Trinajstić information content (AvgIpc) is 3.47. The minimum atomic E-state index is -1.24. The molecular weight excluding hydrogens is 426 g/mol. The minimum absolute atomic E-state index is 0.330. The third-order valence-electron chi connectivity index (χ3n) is 5.98. The quantitative estimate of drug-likeness (QED) is 0.291. The molecule has 33 heavy (non-hydrogen) atoms. The molecule has 1 saturated carbocycles. The lowest BCUT2D eigenvalue weighted by Gasteiger charge is -2.17. The molecule has 11 nitrogen and oxygen atoms in total. The van der Waals surface area contributed by atoms with Gasteiger partial charge in [-0.3, -0.25) is 9.55 Å². The predicted molar refractivity (Wildman–Crippen MR) is 120 cm³/mol. The number of nitrogens with one attached hydrogen (secondary N) is 2. The molecule has 0 radical (unpaired) electrons. The van der Waals surface area contributed by atoms with Crippen LogP contribution in [0.25, 0.3) is 22.1 Å². The fourth-order valence-electron chi connectivity index (χ4n) is 4.06. The van der Waals surface area contributed by atoms with Gasteiger partial charge in [-0.25, -0.2) is 4.98 Å². The first-order chi connectivity index (χ1) is 16.1. The molecule has 5 N–H and O–H groups in total. The van der Waals surface area contributed by atoms with E-state index in [1.165, 1.54) is 6.33 Å². The largest absolute Gasteiger partial charge is 0.394 e. The summed E-state index contributed by atoms with van der Waals surface area (Å²) in [6.45, 7) is -0.410. The van der Waals surface area contributed by atoms with Crippen LogP contribution in [-0.2, 0) is 4.74 Å². The van der Waals surface area contributed by atoms with Crippen LogP contribution in [0.15, 0.2) is 42.9 Å². The standard InChI is InChI=1S/C22H23N7O4/c30-9-15-17(31)18(32)21(33-15)29-10-24-16-19(25-12-5-6-12)27-22(28-20(16)29)26-13-7-11-3-1-2-4-14(11)23-8-13/h1-4,7-8,10,12,15,17-18,21,30-32H,5-6,9H2,(H2,25,26,27,28). The lowest BCUT2D eigenvalue weighted by atomic mass is 10.1. The van der Waals surface area contributed by atoms with E-state index in [4.69, 9.17) is 4.74 Å². The maximum Gasteiger partial charge on any atom is 0.231 e. The number of benzene rings is 1. The number of para-hydroxylation sites is 1. The Hall–Kier alpha value is -3.38. The summed E-state index contributed by atoms with van der Waals surface area (Å²) < 4.78 is 7.25. The molecular formula is C22H23N7O4. The number of fused-ring (bicyclic) bond motifs is 2. The molecule has 1 aliphatic carbocycles. The maximum atomic E-state index is 10.5. The number of aliphatic hydroxyl groups excluding tert-OH is 3. The lowest BCUT2D eigenvalue weighted by Crippen LogP contribution is -2.33. The van der Waals surface area contributed by atoms with Crippen molar-refractivity contribution in [3.05, 3.63) is 42.9 Å². The number of pyridine rings is 1. The molecule has 1 aromatic carbocycles. The molecule has 4 heterocycles. The van der Waals surface area contributed by atoms with E-state index >= 15 is 0 Å². The molecule has 1 aliphatic heterocycles. The van der Waals surface area contributed by atoms with E-state index in [1.54, 1.807) is 10.8 Å². The summed E-state index contributed by atoms with van der Waals surface area (Å²) in [4.78, 5) is 18.2. The van der Waals surface area contributed by atoms with Gasteiger partial charge in [-0.1, -0.05) is 18.2 Å². The van der Waals surface area contributed by atoms with E-state index in [2.05, 4.69) is 30.6 Å². The summed E-state index contributed by atoms with van der Waals surface area (Å²) in [7, 11) is 0. The molecule has 170 valence electrons. The van der Waals surface area contributed by atoms with Crippen molar-refractivity contribution in [1.82, 2.24) is 24.5 Å². The fourth-order valence-corrected chi connectivity index (χ4v) is 4.06. The van der Waals surface area contributed by atoms with Crippen LogP contribution in [-0.4, -0.2) is 70.8 Å². The van der Waals surface area contributed by atoms with E-state index in [0.29, 0.717) is 29.0 Å². The number of aliphatic hydroxyl groups is 3. The fraction of sp³-hybridized carbons (Fsp3) is 0.364. The van der Waals surface area contributed by atoms with Crippen LogP contribution >= 0.6 is 0 Å². The van der Waals surface area contributed by atoms with Gasteiger partial charge in [-0.05, 0) is 25.0 Å². The summed E-state index contributed by atoms with van der Waals surface area (Å²) in [6, 6.07) is 10.1. The van der Waals surface area contributed by atoms with Gasteiger partial charge in [0.1, 0.15) is 18.3 Å². The number of hydrogen-bond acceptors (Lipinski definition) is 10. The van der Waals surface area contributed by atoms with Crippen molar-refractivity contribution in [2.75, 3.05) is 17.2 Å². The monoisotopic (exact) mass is 449 g/mol. The molecule has 0 bridgehead atoms. The zero-order valence-corrected chi connectivity index (χ0v) is 17.5. The Bertz CT molecular complexity index is 1320. The van der Waals surface area contributed by atoms with Crippen LogP contribution in [0.1, 0.15) is 19.1 Å². The van der Waals surface area contributed by atoms with E-state index in [-0.39, 0.29) is 0 Å². The maximum absolute atomic E-state index is 10.5. The molecule has 3 aromatic heterocycles. The average molecular weight is 449 g/mol. The second-order valence-corrected chi connectivity index (χ2v) is 8.41. The molecule has 1 saturated heterocycles. The molecule has 6 rings (SSSR count). The Morgan fingerprint density at radius 3 is 2.73 bits per heavy atom. The molecule has 2 fully saturated rings. The summed E-state index contributed by atoms with van der Waals surface area (Å²) in [5.74, 6) is 0.903. The van der Waals surface area contributed by atoms with Crippen LogP contribution in [0.2, 0.25) is 0 Å². The number of imidazole rings is 1. The first kappa shape index (κ1) is 20.2. The smallest absolute Gasteiger partial charge is 0.231 e. The van der Waals surface area contributed by atoms with Crippen molar-refractivity contribution >= 4 is 39.5 Å². The molecule has 0 spiro atoms. The molecule has 2 aliphatic rings. The number of ether oxygens (including phenoxy) is 1. The zero-order valence-electron chi connectivity index (χ0n) is 17.5. The molecule has 4 aromatic rings. The summed E-state index contributed by atoms with van der Waals surface area (Å²) in [5.41, 5.74) is 2.57. The third kappa shape index (κ3) is 3.64. The highest BCUT2D eigenvalue weighted by atomic mass is 16.6. The molecule has 0 amide bonds. The van der Waals surface area contributed by atoms with Crippen LogP contribution < -0.4 is 10.6 Å². The third-order valence-corrected chi connectivity index (χ3v) is 5.98. The van der Waals surface area contributed by atoms with Crippen LogP contribution in [0.4, 0.5) is 17.5 Å². The zero-order chi connectivity index (χ0) is 22.5. The van der Waals surface area contributed by atoms with Gasteiger partial charge in [-0.15, -0.1) is 0 Å². The number of anilines is 3. The normalized spacial score (nSPS) is 25.1. The van der Waals surface area contributed by atoms with Gasteiger partial charge in [0.05, 0.1) is 30.3 Å². The molecule has 4 atom stereocenters. The van der Waals surface area contributed by atoms with E-state index < -0.39 is 31.1 Å². The van der Waals surface area contributed by atoms with Crippen molar-refractivity contribution in [2.45, 2.75) is 43.4 Å². The Kier molecular flexibility index (Phi) is 4.84. The van der Waals surface area contributed by atoms with Crippen LogP contribution in [0.3, 0.4) is 0 Å². The summed E-state index contributed by atoms with van der Waals surface area (Å²) in [6.07, 6.45) is 1.03. The second-order valence-electron chi connectivity index (χ2n) is 8.41. The highest BCUT2D eigenvalue weighted by molar-refractivity contribution is 5.86. The van der Waals surface area contributed by atoms with E-state index in [1.807, 2.05) is 30.3 Å².